The number of rotatable bonds is 8. The third-order valence-electron chi connectivity index (χ3n) is 7.79. The third kappa shape index (κ3) is 5.63. The molecular weight excluding hydrogens is 438 g/mol. The van der Waals surface area contributed by atoms with Gasteiger partial charge in [0.25, 0.3) is 0 Å². The van der Waals surface area contributed by atoms with E-state index in [4.69, 9.17) is 5.11 Å². The van der Waals surface area contributed by atoms with Crippen molar-refractivity contribution in [3.05, 3.63) is 48.0 Å². The number of fused-ring (bicyclic) bond motifs is 1. The molecule has 5 rings (SSSR count). The number of carbonyl (C=O) groups is 1. The number of aromatic nitrogens is 3. The van der Waals surface area contributed by atoms with E-state index in [1.807, 2.05) is 24.1 Å². The lowest BCUT2D eigenvalue weighted by Gasteiger charge is -2.30. The first-order valence-corrected chi connectivity index (χ1v) is 13.1. The fraction of sp³-hybridized carbons (Fsp3) is 0.536. The van der Waals surface area contributed by atoms with Crippen molar-refractivity contribution < 1.29 is 9.90 Å². The summed E-state index contributed by atoms with van der Waals surface area (Å²) in [6.45, 7) is 5.90. The molecule has 3 aromatic rings. The molecule has 0 saturated carbocycles. The predicted molar refractivity (Wildman–Crippen MR) is 138 cm³/mol. The highest BCUT2D eigenvalue weighted by atomic mass is 16.3. The van der Waals surface area contributed by atoms with E-state index >= 15 is 0 Å². The molecule has 2 fully saturated rings. The van der Waals surface area contributed by atoms with Gasteiger partial charge >= 0.3 is 0 Å². The first-order valence-electron chi connectivity index (χ1n) is 13.1. The standard InChI is InChI=1S/C28H37N5O2/c1-31-27(20-33-9-3-2-4-10-33)26(19-30-31)22-5-6-23-18-29-25(16-24(23)15-22)17-28(35)21-7-11-32(12-8-21)13-14-34/h5-6,15-16,18-19,21,34H,2-4,7-14,17,20H2,1H3. The monoisotopic (exact) mass is 475 g/mol. The fourth-order valence-corrected chi connectivity index (χ4v) is 5.61. The van der Waals surface area contributed by atoms with Gasteiger partial charge in [-0.05, 0) is 74.9 Å². The van der Waals surface area contributed by atoms with Gasteiger partial charge in [0.2, 0.25) is 0 Å². The second-order valence-electron chi connectivity index (χ2n) is 10.2. The number of aliphatic hydroxyl groups excluding tert-OH is 1. The molecular formula is C28H37N5O2. The van der Waals surface area contributed by atoms with Crippen LogP contribution in [0.1, 0.15) is 43.5 Å². The van der Waals surface area contributed by atoms with Gasteiger partial charge < -0.3 is 10.0 Å². The van der Waals surface area contributed by atoms with Gasteiger partial charge in [0, 0.05) is 55.3 Å². The third-order valence-corrected chi connectivity index (χ3v) is 7.79. The molecule has 186 valence electrons. The Bertz CT molecular complexity index is 1160. The summed E-state index contributed by atoms with van der Waals surface area (Å²) in [5.41, 5.74) is 4.45. The normalized spacial score (nSPS) is 18.3. The lowest BCUT2D eigenvalue weighted by molar-refractivity contribution is -0.123. The number of Topliss-reactive ketones (excluding diaryl/α,β-unsaturated/α-hetero) is 1. The van der Waals surface area contributed by atoms with E-state index < -0.39 is 0 Å². The van der Waals surface area contributed by atoms with Crippen LogP contribution in [0.25, 0.3) is 21.9 Å². The van der Waals surface area contributed by atoms with E-state index in [-0.39, 0.29) is 18.3 Å². The molecule has 4 heterocycles. The summed E-state index contributed by atoms with van der Waals surface area (Å²) in [7, 11) is 2.03. The minimum absolute atomic E-state index is 0.0986. The SMILES string of the molecule is Cn1ncc(-c2ccc3cnc(CC(=O)C4CCN(CCO)CC4)cc3c2)c1CN1CCCCC1. The van der Waals surface area contributed by atoms with Crippen molar-refractivity contribution in [2.24, 2.45) is 13.0 Å². The largest absolute Gasteiger partial charge is 0.395 e. The Morgan fingerprint density at radius 1 is 1.00 bits per heavy atom. The molecule has 1 N–H and O–H groups in total. The van der Waals surface area contributed by atoms with Crippen molar-refractivity contribution in [2.75, 3.05) is 39.3 Å². The van der Waals surface area contributed by atoms with E-state index in [0.717, 1.165) is 67.6 Å². The number of piperidine rings is 2. The molecule has 0 spiro atoms. The van der Waals surface area contributed by atoms with E-state index in [9.17, 15) is 4.79 Å². The van der Waals surface area contributed by atoms with Gasteiger partial charge in [-0.15, -0.1) is 0 Å². The maximum Gasteiger partial charge on any atom is 0.142 e. The Kier molecular flexibility index (Phi) is 7.56. The molecule has 2 aliphatic heterocycles. The molecule has 35 heavy (non-hydrogen) atoms. The lowest BCUT2D eigenvalue weighted by atomic mass is 9.90. The van der Waals surface area contributed by atoms with Gasteiger partial charge in [-0.1, -0.05) is 18.6 Å². The fourth-order valence-electron chi connectivity index (χ4n) is 5.61. The van der Waals surface area contributed by atoms with Crippen LogP contribution in [0.15, 0.2) is 36.7 Å². The minimum atomic E-state index is 0.0986. The van der Waals surface area contributed by atoms with Crippen molar-refractivity contribution >= 4 is 16.6 Å². The lowest BCUT2D eigenvalue weighted by Crippen LogP contribution is -2.38. The smallest absolute Gasteiger partial charge is 0.142 e. The van der Waals surface area contributed by atoms with Crippen LogP contribution in [-0.4, -0.2) is 74.8 Å². The maximum absolute atomic E-state index is 13.0. The highest BCUT2D eigenvalue weighted by molar-refractivity contribution is 5.89. The highest BCUT2D eigenvalue weighted by Crippen LogP contribution is 2.29. The average molecular weight is 476 g/mol. The summed E-state index contributed by atoms with van der Waals surface area (Å²) in [5.74, 6) is 0.384. The van der Waals surface area contributed by atoms with Crippen LogP contribution in [0, 0.1) is 5.92 Å². The maximum atomic E-state index is 13.0. The van der Waals surface area contributed by atoms with Crippen LogP contribution in [0.3, 0.4) is 0 Å². The molecule has 0 bridgehead atoms. The van der Waals surface area contributed by atoms with Crippen LogP contribution >= 0.6 is 0 Å². The van der Waals surface area contributed by atoms with Gasteiger partial charge in [-0.3, -0.25) is 19.4 Å². The molecule has 2 aromatic heterocycles. The van der Waals surface area contributed by atoms with Crippen molar-refractivity contribution in [2.45, 2.75) is 45.1 Å². The average Bonchev–Trinajstić information content (AvgIpc) is 3.24. The van der Waals surface area contributed by atoms with Gasteiger partial charge in [0.1, 0.15) is 5.78 Å². The second-order valence-corrected chi connectivity index (χ2v) is 10.2. The predicted octanol–water partition coefficient (Wildman–Crippen LogP) is 3.44. The Labute approximate surface area is 207 Å². The van der Waals surface area contributed by atoms with Crippen molar-refractivity contribution in [3.63, 3.8) is 0 Å². The molecule has 0 amide bonds. The van der Waals surface area contributed by atoms with Crippen LogP contribution in [0.4, 0.5) is 0 Å². The summed E-state index contributed by atoms with van der Waals surface area (Å²) in [4.78, 5) is 22.3. The summed E-state index contributed by atoms with van der Waals surface area (Å²) in [5, 5.41) is 15.9. The number of pyridine rings is 1. The van der Waals surface area contributed by atoms with E-state index in [1.54, 1.807) is 0 Å². The van der Waals surface area contributed by atoms with E-state index in [2.05, 4.69) is 44.1 Å². The van der Waals surface area contributed by atoms with Crippen LogP contribution in [0.5, 0.6) is 0 Å². The Morgan fingerprint density at radius 2 is 1.80 bits per heavy atom. The van der Waals surface area contributed by atoms with Crippen molar-refractivity contribution in [1.82, 2.24) is 24.6 Å². The van der Waals surface area contributed by atoms with Gasteiger partial charge in [-0.25, -0.2) is 0 Å². The van der Waals surface area contributed by atoms with Crippen LogP contribution in [-0.2, 0) is 24.8 Å². The minimum Gasteiger partial charge on any atom is -0.395 e. The summed E-state index contributed by atoms with van der Waals surface area (Å²) < 4.78 is 2.01. The molecule has 2 aliphatic rings. The quantitative estimate of drug-likeness (QED) is 0.538. The number of β-amino-alcohol motifs (C(OH)–C–C–N with tert-alkyl or cyclic N) is 1. The summed E-state index contributed by atoms with van der Waals surface area (Å²) in [6, 6.07) is 8.58. The topological polar surface area (TPSA) is 74.5 Å². The van der Waals surface area contributed by atoms with Crippen molar-refractivity contribution in [1.29, 1.82) is 0 Å². The number of hydrogen-bond acceptors (Lipinski definition) is 6. The number of aryl methyl sites for hydroxylation is 1. The molecule has 0 aliphatic carbocycles. The molecule has 1 aromatic carbocycles. The molecule has 0 radical (unpaired) electrons. The van der Waals surface area contributed by atoms with E-state index in [0.29, 0.717) is 13.0 Å². The van der Waals surface area contributed by atoms with E-state index in [1.165, 1.54) is 30.5 Å². The number of likely N-dealkylation sites (tertiary alicyclic amines) is 2. The molecule has 7 heteroatoms. The zero-order valence-corrected chi connectivity index (χ0v) is 20.8. The molecule has 2 saturated heterocycles. The zero-order chi connectivity index (χ0) is 24.2. The number of hydrogen-bond donors (Lipinski definition) is 1. The first-order chi connectivity index (χ1) is 17.1. The summed E-state index contributed by atoms with van der Waals surface area (Å²) in [6.07, 6.45) is 9.89. The molecule has 0 unspecified atom stereocenters. The Hall–Kier alpha value is -2.61. The molecule has 7 nitrogen and oxygen atoms in total. The Balaban J connectivity index is 1.31. The molecule has 0 atom stereocenters. The Morgan fingerprint density at radius 3 is 2.57 bits per heavy atom. The van der Waals surface area contributed by atoms with Gasteiger partial charge in [0.15, 0.2) is 0 Å². The number of nitrogens with zero attached hydrogens (tertiary/aromatic N) is 5. The van der Waals surface area contributed by atoms with Crippen molar-refractivity contribution in [3.8, 4) is 11.1 Å². The zero-order valence-electron chi connectivity index (χ0n) is 20.8. The van der Waals surface area contributed by atoms with Gasteiger partial charge in [-0.2, -0.15) is 5.10 Å². The first kappa shape index (κ1) is 24.1. The highest BCUT2D eigenvalue weighted by Gasteiger charge is 2.25. The number of ketones is 1. The number of aliphatic hydroxyl groups is 1. The van der Waals surface area contributed by atoms with Crippen LogP contribution in [0.2, 0.25) is 0 Å². The number of carbonyl (C=O) groups excluding carboxylic acids is 1. The van der Waals surface area contributed by atoms with Crippen LogP contribution < -0.4 is 0 Å². The van der Waals surface area contributed by atoms with Gasteiger partial charge in [0.05, 0.1) is 18.5 Å². The summed E-state index contributed by atoms with van der Waals surface area (Å²) >= 11 is 0. The number of benzene rings is 1. The second kappa shape index (κ2) is 11.0.